The number of alkyl halides is 1. The Balaban J connectivity index is 2.05. The average Bonchev–Trinajstić information content (AvgIpc) is 3.22. The van der Waals surface area contributed by atoms with Gasteiger partial charge in [-0.1, -0.05) is 37.1 Å². The number of carbonyl (C=O) groups excluding carboxylic acids is 3. The van der Waals surface area contributed by atoms with Crippen LogP contribution in [0.2, 0.25) is 0 Å². The van der Waals surface area contributed by atoms with Crippen LogP contribution in [0.15, 0.2) is 30.3 Å². The number of amides is 3. The largest absolute Gasteiger partial charge is 0.443 e. The second-order valence-corrected chi connectivity index (χ2v) is 13.3. The summed E-state index contributed by atoms with van der Waals surface area (Å²) in [5.41, 5.74) is 0.232. The first-order valence-electron chi connectivity index (χ1n) is 14.5. The summed E-state index contributed by atoms with van der Waals surface area (Å²) in [6, 6.07) is 9.30. The van der Waals surface area contributed by atoms with Gasteiger partial charge in [-0.3, -0.25) is 4.79 Å². The Hall–Kier alpha value is -2.84. The van der Waals surface area contributed by atoms with Gasteiger partial charge in [-0.05, 0) is 92.0 Å². The third-order valence-electron chi connectivity index (χ3n) is 6.77. The van der Waals surface area contributed by atoms with Crippen LogP contribution in [-0.4, -0.2) is 67.3 Å². The van der Waals surface area contributed by atoms with Crippen molar-refractivity contribution in [1.29, 1.82) is 0 Å². The molecule has 41 heavy (non-hydrogen) atoms. The van der Waals surface area contributed by atoms with Gasteiger partial charge in [-0.2, -0.15) is 4.90 Å². The van der Waals surface area contributed by atoms with Crippen molar-refractivity contribution in [2.75, 3.05) is 42.9 Å². The van der Waals surface area contributed by atoms with Crippen molar-refractivity contribution in [3.8, 4) is 0 Å². The summed E-state index contributed by atoms with van der Waals surface area (Å²) in [6.07, 6.45) is 2.67. The molecule has 2 aromatic rings. The van der Waals surface area contributed by atoms with Gasteiger partial charge in [-0.25, -0.2) is 9.59 Å². The van der Waals surface area contributed by atoms with Crippen LogP contribution in [-0.2, 0) is 14.3 Å². The number of benzene rings is 2. The fraction of sp³-hybridized carbons (Fsp3) is 0.594. The van der Waals surface area contributed by atoms with E-state index >= 15 is 0 Å². The minimum atomic E-state index is -0.848. The molecule has 0 saturated heterocycles. The molecule has 0 bridgehead atoms. The molecule has 1 unspecified atom stereocenters. The van der Waals surface area contributed by atoms with E-state index in [-0.39, 0.29) is 11.8 Å². The van der Waals surface area contributed by atoms with Crippen molar-refractivity contribution in [3.63, 3.8) is 0 Å². The first-order valence-corrected chi connectivity index (χ1v) is 15.0. The lowest BCUT2D eigenvalue weighted by molar-refractivity contribution is -0.118. The van der Waals surface area contributed by atoms with E-state index in [1.165, 1.54) is 0 Å². The molecule has 0 aromatic heterocycles. The summed E-state index contributed by atoms with van der Waals surface area (Å²) in [6.45, 7) is 11.9. The molecule has 0 fully saturated rings. The number of rotatable bonds is 9. The summed E-state index contributed by atoms with van der Waals surface area (Å²) in [5, 5.41) is 1.51. The molecule has 1 aliphatic rings. The standard InChI is InChI=1S/C32H46ClN3O5/c1-31(2,3)40-29(38)36(30(39)41-32(4,5)6)25-19-26-28(24-16-13-12-15-23(24)25)22(20-33)21-35(26)27(37)17-11-9-10-14-18-34(7)8/h12-13,15-16,19,22H,9-11,14,17-18,20-21H2,1-8H3. The van der Waals surface area contributed by atoms with Gasteiger partial charge in [-0.15, -0.1) is 11.6 Å². The third-order valence-corrected chi connectivity index (χ3v) is 7.14. The molecule has 226 valence electrons. The molecule has 1 atom stereocenters. The minimum Gasteiger partial charge on any atom is -0.443 e. The van der Waals surface area contributed by atoms with E-state index in [1.807, 2.05) is 24.3 Å². The van der Waals surface area contributed by atoms with E-state index in [9.17, 15) is 14.4 Å². The zero-order chi connectivity index (χ0) is 30.5. The number of fused-ring (bicyclic) bond motifs is 3. The number of hydrogen-bond donors (Lipinski definition) is 0. The van der Waals surface area contributed by atoms with Crippen LogP contribution in [0, 0.1) is 0 Å². The van der Waals surface area contributed by atoms with Crippen LogP contribution in [0.1, 0.15) is 85.1 Å². The highest BCUT2D eigenvalue weighted by Crippen LogP contribution is 2.46. The molecular formula is C32H46ClN3O5. The lowest BCUT2D eigenvalue weighted by Gasteiger charge is -2.30. The van der Waals surface area contributed by atoms with E-state index in [0.717, 1.165) is 48.1 Å². The fourth-order valence-electron chi connectivity index (χ4n) is 5.05. The van der Waals surface area contributed by atoms with Crippen LogP contribution in [0.25, 0.3) is 10.8 Å². The molecule has 0 saturated carbocycles. The number of nitrogens with zero attached hydrogens (tertiary/aromatic N) is 3. The quantitative estimate of drug-likeness (QED) is 0.221. The minimum absolute atomic E-state index is 0.00814. The topological polar surface area (TPSA) is 79.4 Å². The third kappa shape index (κ3) is 8.58. The zero-order valence-corrected chi connectivity index (χ0v) is 26.6. The van der Waals surface area contributed by atoms with Gasteiger partial charge in [0.2, 0.25) is 5.91 Å². The molecule has 1 heterocycles. The number of hydrogen-bond acceptors (Lipinski definition) is 6. The normalized spacial score (nSPS) is 15.3. The Kier molecular flexibility index (Phi) is 10.7. The maximum atomic E-state index is 13.5. The summed E-state index contributed by atoms with van der Waals surface area (Å²) >= 11 is 6.44. The summed E-state index contributed by atoms with van der Waals surface area (Å²) in [5.74, 6) is 0.270. The average molecular weight is 588 g/mol. The fourth-order valence-corrected chi connectivity index (χ4v) is 5.30. The Morgan fingerprint density at radius 3 is 2.00 bits per heavy atom. The van der Waals surface area contributed by atoms with Crippen molar-refractivity contribution in [1.82, 2.24) is 4.90 Å². The van der Waals surface area contributed by atoms with Gasteiger partial charge in [0.25, 0.3) is 0 Å². The van der Waals surface area contributed by atoms with Crippen molar-refractivity contribution in [3.05, 3.63) is 35.9 Å². The van der Waals surface area contributed by atoms with Gasteiger partial charge in [0.15, 0.2) is 0 Å². The van der Waals surface area contributed by atoms with Crippen molar-refractivity contribution < 1.29 is 23.9 Å². The molecule has 1 aliphatic heterocycles. The molecule has 0 aliphatic carbocycles. The van der Waals surface area contributed by atoms with Crippen LogP contribution < -0.4 is 9.80 Å². The lowest BCUT2D eigenvalue weighted by atomic mass is 9.94. The summed E-state index contributed by atoms with van der Waals surface area (Å²) in [4.78, 5) is 45.5. The van der Waals surface area contributed by atoms with Crippen LogP contribution in [0.4, 0.5) is 21.0 Å². The SMILES string of the molecule is CN(C)CCCCCCC(=O)N1CC(CCl)c2c1cc(N(C(=O)OC(C)(C)C)C(=O)OC(C)(C)C)c1ccccc21. The van der Waals surface area contributed by atoms with E-state index < -0.39 is 23.4 Å². The summed E-state index contributed by atoms with van der Waals surface area (Å²) in [7, 11) is 4.12. The zero-order valence-electron chi connectivity index (χ0n) is 25.9. The Morgan fingerprint density at radius 1 is 0.902 bits per heavy atom. The number of unbranched alkanes of at least 4 members (excludes halogenated alkanes) is 3. The van der Waals surface area contributed by atoms with Crippen molar-refractivity contribution >= 4 is 51.8 Å². The monoisotopic (exact) mass is 587 g/mol. The Morgan fingerprint density at radius 2 is 1.46 bits per heavy atom. The van der Waals surface area contributed by atoms with Gasteiger partial charge in [0.05, 0.1) is 5.69 Å². The molecule has 0 N–H and O–H groups in total. The Labute approximate surface area is 249 Å². The highest BCUT2D eigenvalue weighted by molar-refractivity contribution is 6.20. The van der Waals surface area contributed by atoms with E-state index in [4.69, 9.17) is 21.1 Å². The van der Waals surface area contributed by atoms with E-state index in [1.54, 1.807) is 52.5 Å². The van der Waals surface area contributed by atoms with Gasteiger partial charge in [0, 0.05) is 35.8 Å². The second-order valence-electron chi connectivity index (χ2n) is 13.0. The second kappa shape index (κ2) is 13.4. The number of halogens is 1. The number of carbonyl (C=O) groups is 3. The highest BCUT2D eigenvalue weighted by Gasteiger charge is 2.38. The molecule has 9 heteroatoms. The maximum absolute atomic E-state index is 13.5. The van der Waals surface area contributed by atoms with Gasteiger partial charge in [0.1, 0.15) is 11.2 Å². The molecular weight excluding hydrogens is 542 g/mol. The molecule has 0 spiro atoms. The van der Waals surface area contributed by atoms with Crippen molar-refractivity contribution in [2.24, 2.45) is 0 Å². The smallest absolute Gasteiger partial charge is 0.424 e. The predicted molar refractivity (Wildman–Crippen MR) is 166 cm³/mol. The van der Waals surface area contributed by atoms with Crippen LogP contribution in [0.5, 0.6) is 0 Å². The predicted octanol–water partition coefficient (Wildman–Crippen LogP) is 7.70. The van der Waals surface area contributed by atoms with Crippen LogP contribution >= 0.6 is 11.6 Å². The molecule has 8 nitrogen and oxygen atoms in total. The van der Waals surface area contributed by atoms with Crippen LogP contribution in [0.3, 0.4) is 0 Å². The first kappa shape index (κ1) is 32.7. The first-order chi connectivity index (χ1) is 19.1. The van der Waals surface area contributed by atoms with Crippen molar-refractivity contribution in [2.45, 2.75) is 90.8 Å². The number of anilines is 2. The summed E-state index contributed by atoms with van der Waals surface area (Å²) < 4.78 is 11.3. The molecule has 3 amide bonds. The maximum Gasteiger partial charge on any atom is 0.424 e. The molecule has 0 radical (unpaired) electrons. The number of ether oxygens (including phenoxy) is 2. The van der Waals surface area contributed by atoms with E-state index in [0.29, 0.717) is 35.6 Å². The lowest BCUT2D eigenvalue weighted by Crippen LogP contribution is -2.44. The molecule has 2 aromatic carbocycles. The van der Waals surface area contributed by atoms with Gasteiger partial charge < -0.3 is 19.3 Å². The van der Waals surface area contributed by atoms with E-state index in [2.05, 4.69) is 19.0 Å². The Bertz CT molecular complexity index is 1220. The van der Waals surface area contributed by atoms with Gasteiger partial charge >= 0.3 is 12.2 Å². The highest BCUT2D eigenvalue weighted by atomic mass is 35.5. The molecule has 3 rings (SSSR count). The number of imide groups is 1.